The van der Waals surface area contributed by atoms with Crippen LogP contribution in [0.2, 0.25) is 0 Å². The number of benzene rings is 2. The minimum Gasteiger partial charge on any atom is -0.445 e. The summed E-state index contributed by atoms with van der Waals surface area (Å²) in [6, 6.07) is 21.0. The molecule has 33 heavy (non-hydrogen) atoms. The number of carbonyl (C=O) groups excluding carboxylic acids is 1. The van der Waals surface area contributed by atoms with E-state index in [1.807, 2.05) is 30.3 Å². The first kappa shape index (κ1) is 23.7. The number of hydrogen-bond donors (Lipinski definition) is 3. The molecule has 2 aromatic rings. The molecule has 0 aliphatic carbocycles. The van der Waals surface area contributed by atoms with Crippen LogP contribution in [0.15, 0.2) is 60.7 Å². The lowest BCUT2D eigenvalue weighted by atomic mass is 9.84. The summed E-state index contributed by atoms with van der Waals surface area (Å²) in [6.07, 6.45) is 5.19. The van der Waals surface area contributed by atoms with Gasteiger partial charge in [-0.1, -0.05) is 60.7 Å². The van der Waals surface area contributed by atoms with E-state index in [1.54, 1.807) is 0 Å². The predicted octanol–water partition coefficient (Wildman–Crippen LogP) is 3.33. The lowest BCUT2D eigenvalue weighted by Crippen LogP contribution is -2.66. The fourth-order valence-corrected chi connectivity index (χ4v) is 4.82. The Morgan fingerprint density at radius 2 is 1.73 bits per heavy atom. The summed E-state index contributed by atoms with van der Waals surface area (Å²) in [7, 11) is 0. The Morgan fingerprint density at radius 1 is 1.03 bits per heavy atom. The number of hydrogen-bond acceptors (Lipinski definition) is 5. The van der Waals surface area contributed by atoms with Gasteiger partial charge in [-0.15, -0.1) is 0 Å². The highest BCUT2D eigenvalue weighted by Gasteiger charge is 2.37. The Labute approximate surface area is 198 Å². The van der Waals surface area contributed by atoms with Gasteiger partial charge in [0.25, 0.3) is 0 Å². The van der Waals surface area contributed by atoms with Crippen molar-refractivity contribution in [2.75, 3.05) is 39.3 Å². The highest BCUT2D eigenvalue weighted by Crippen LogP contribution is 2.24. The zero-order chi connectivity index (χ0) is 22.8. The van der Waals surface area contributed by atoms with Gasteiger partial charge in [-0.2, -0.15) is 0 Å². The second-order valence-electron chi connectivity index (χ2n) is 9.45. The van der Waals surface area contributed by atoms with Gasteiger partial charge in [0, 0.05) is 37.8 Å². The van der Waals surface area contributed by atoms with E-state index in [4.69, 9.17) is 4.74 Å². The van der Waals surface area contributed by atoms with Crippen LogP contribution in [0.25, 0.3) is 0 Å². The smallest absolute Gasteiger partial charge is 0.407 e. The van der Waals surface area contributed by atoms with Gasteiger partial charge in [0.05, 0.1) is 0 Å². The number of nitrogens with zero attached hydrogens (tertiary/aromatic N) is 1. The Kier molecular flexibility index (Phi) is 8.75. The van der Waals surface area contributed by atoms with Crippen LogP contribution in [-0.4, -0.2) is 61.8 Å². The SMILES string of the molecule is O=C(NCCCC1CNC2(CCN(CCc3ccccc3)CC2)CN1)OCc1ccccc1. The molecule has 2 aliphatic rings. The van der Waals surface area contributed by atoms with Crippen molar-refractivity contribution in [1.29, 1.82) is 0 Å². The largest absolute Gasteiger partial charge is 0.445 e. The number of carbonyl (C=O) groups is 1. The van der Waals surface area contributed by atoms with Gasteiger partial charge >= 0.3 is 6.09 Å². The summed E-state index contributed by atoms with van der Waals surface area (Å²) in [6.45, 7) is 6.48. The molecule has 1 atom stereocenters. The number of piperazine rings is 1. The van der Waals surface area contributed by atoms with E-state index >= 15 is 0 Å². The summed E-state index contributed by atoms with van der Waals surface area (Å²) < 4.78 is 5.26. The van der Waals surface area contributed by atoms with Gasteiger partial charge in [-0.05, 0) is 56.3 Å². The highest BCUT2D eigenvalue weighted by molar-refractivity contribution is 5.67. The molecule has 2 fully saturated rings. The van der Waals surface area contributed by atoms with Gasteiger partial charge < -0.3 is 25.6 Å². The summed E-state index contributed by atoms with van der Waals surface area (Å²) in [5.74, 6) is 0. The van der Waals surface area contributed by atoms with Crippen molar-refractivity contribution in [2.45, 2.75) is 50.3 Å². The van der Waals surface area contributed by atoms with Crippen molar-refractivity contribution in [3.63, 3.8) is 0 Å². The van der Waals surface area contributed by atoms with Gasteiger partial charge in [-0.3, -0.25) is 0 Å². The van der Waals surface area contributed by atoms with E-state index < -0.39 is 0 Å². The minimum atomic E-state index is -0.341. The molecule has 0 aromatic heterocycles. The molecule has 0 radical (unpaired) electrons. The second kappa shape index (κ2) is 12.2. The summed E-state index contributed by atoms with van der Waals surface area (Å²) in [5, 5.41) is 10.5. The van der Waals surface area contributed by atoms with Crippen LogP contribution in [0.3, 0.4) is 0 Å². The zero-order valence-electron chi connectivity index (χ0n) is 19.6. The molecule has 2 heterocycles. The van der Waals surface area contributed by atoms with Crippen LogP contribution < -0.4 is 16.0 Å². The molecule has 2 saturated heterocycles. The van der Waals surface area contributed by atoms with E-state index in [2.05, 4.69) is 51.2 Å². The Bertz CT molecular complexity index is 828. The number of ether oxygens (including phenoxy) is 1. The van der Waals surface area contributed by atoms with Crippen molar-refractivity contribution in [1.82, 2.24) is 20.9 Å². The van der Waals surface area contributed by atoms with E-state index in [0.29, 0.717) is 19.2 Å². The topological polar surface area (TPSA) is 65.6 Å². The molecule has 178 valence electrons. The second-order valence-corrected chi connectivity index (χ2v) is 9.45. The number of piperidine rings is 1. The first-order valence-corrected chi connectivity index (χ1v) is 12.4. The minimum absolute atomic E-state index is 0.249. The van der Waals surface area contributed by atoms with E-state index in [9.17, 15) is 4.79 Å². The number of rotatable bonds is 9. The summed E-state index contributed by atoms with van der Waals surface area (Å²) in [5.41, 5.74) is 2.68. The van der Waals surface area contributed by atoms with Crippen LogP contribution in [-0.2, 0) is 17.8 Å². The monoisotopic (exact) mass is 450 g/mol. The molecule has 0 saturated carbocycles. The van der Waals surface area contributed by atoms with Gasteiger partial charge in [0.1, 0.15) is 6.61 Å². The standard InChI is InChI=1S/C27H38N4O2/c32-26(33-21-24-10-5-2-6-11-24)28-16-7-12-25-20-30-27(22-29-25)14-18-31(19-15-27)17-13-23-8-3-1-4-9-23/h1-6,8-11,25,29-30H,7,12-22H2,(H,28,32). The van der Waals surface area contributed by atoms with Crippen molar-refractivity contribution >= 4 is 6.09 Å². The molecule has 6 heteroatoms. The van der Waals surface area contributed by atoms with E-state index in [-0.39, 0.29) is 11.6 Å². The Morgan fingerprint density at radius 3 is 2.39 bits per heavy atom. The zero-order valence-corrected chi connectivity index (χ0v) is 19.6. The maximum atomic E-state index is 11.9. The van der Waals surface area contributed by atoms with Gasteiger partial charge in [-0.25, -0.2) is 4.79 Å². The van der Waals surface area contributed by atoms with Crippen LogP contribution in [0, 0.1) is 0 Å². The molecule has 1 unspecified atom stereocenters. The number of amides is 1. The average Bonchev–Trinajstić information content (AvgIpc) is 2.87. The van der Waals surface area contributed by atoms with Crippen LogP contribution in [0.5, 0.6) is 0 Å². The van der Waals surface area contributed by atoms with Gasteiger partial charge in [0.15, 0.2) is 0 Å². The number of nitrogens with one attached hydrogen (secondary N) is 3. The quantitative estimate of drug-likeness (QED) is 0.512. The molecule has 6 nitrogen and oxygen atoms in total. The van der Waals surface area contributed by atoms with E-state index in [1.165, 1.54) is 31.5 Å². The third kappa shape index (κ3) is 7.56. The van der Waals surface area contributed by atoms with Crippen LogP contribution >= 0.6 is 0 Å². The Hall–Kier alpha value is -2.41. The maximum Gasteiger partial charge on any atom is 0.407 e. The fraction of sp³-hybridized carbons (Fsp3) is 0.519. The van der Waals surface area contributed by atoms with Crippen molar-refractivity contribution < 1.29 is 9.53 Å². The van der Waals surface area contributed by atoms with Crippen LogP contribution in [0.1, 0.15) is 36.8 Å². The molecule has 1 amide bonds. The fourth-order valence-electron chi connectivity index (χ4n) is 4.82. The average molecular weight is 451 g/mol. The summed E-state index contributed by atoms with van der Waals surface area (Å²) >= 11 is 0. The maximum absolute atomic E-state index is 11.9. The Balaban J connectivity index is 1.05. The molecule has 2 aromatic carbocycles. The van der Waals surface area contributed by atoms with Gasteiger partial charge in [0.2, 0.25) is 0 Å². The molecule has 1 spiro atoms. The predicted molar refractivity (Wildman–Crippen MR) is 132 cm³/mol. The third-order valence-electron chi connectivity index (χ3n) is 7.04. The third-order valence-corrected chi connectivity index (χ3v) is 7.04. The lowest BCUT2D eigenvalue weighted by Gasteiger charge is -2.47. The number of alkyl carbamates (subject to hydrolysis) is 1. The van der Waals surface area contributed by atoms with Crippen molar-refractivity contribution in [3.05, 3.63) is 71.8 Å². The molecule has 0 bridgehead atoms. The lowest BCUT2D eigenvalue weighted by molar-refractivity contribution is 0.109. The van der Waals surface area contributed by atoms with Crippen molar-refractivity contribution in [3.8, 4) is 0 Å². The molecule has 3 N–H and O–H groups in total. The number of likely N-dealkylation sites (tertiary alicyclic amines) is 1. The van der Waals surface area contributed by atoms with Crippen molar-refractivity contribution in [2.24, 2.45) is 0 Å². The van der Waals surface area contributed by atoms with Crippen LogP contribution in [0.4, 0.5) is 4.79 Å². The first-order valence-electron chi connectivity index (χ1n) is 12.4. The molecule has 2 aliphatic heterocycles. The molecular weight excluding hydrogens is 412 g/mol. The van der Waals surface area contributed by atoms with E-state index in [0.717, 1.165) is 44.5 Å². The molecular formula is C27H38N4O2. The first-order chi connectivity index (χ1) is 16.2. The molecule has 4 rings (SSSR count). The highest BCUT2D eigenvalue weighted by atomic mass is 16.5. The normalized spacial score (nSPS) is 20.4. The summed E-state index contributed by atoms with van der Waals surface area (Å²) in [4.78, 5) is 14.5.